The van der Waals surface area contributed by atoms with Crippen LogP contribution < -0.4 is 4.74 Å². The number of esters is 1. The predicted molar refractivity (Wildman–Crippen MR) is 105 cm³/mol. The summed E-state index contributed by atoms with van der Waals surface area (Å²) >= 11 is 0. The number of benzene rings is 2. The summed E-state index contributed by atoms with van der Waals surface area (Å²) in [6, 6.07) is 15.5. The Bertz CT molecular complexity index is 860. The average molecular weight is 381 g/mol. The van der Waals surface area contributed by atoms with Crippen LogP contribution in [0.25, 0.3) is 0 Å². The molecule has 2 aromatic carbocycles. The van der Waals surface area contributed by atoms with E-state index in [-0.39, 0.29) is 17.4 Å². The van der Waals surface area contributed by atoms with Crippen molar-refractivity contribution in [2.45, 2.75) is 31.2 Å². The van der Waals surface area contributed by atoms with Crippen LogP contribution in [0.15, 0.2) is 66.2 Å². The van der Waals surface area contributed by atoms with Crippen molar-refractivity contribution in [3.63, 3.8) is 0 Å². The Balaban J connectivity index is 2.10. The summed E-state index contributed by atoms with van der Waals surface area (Å²) in [6.07, 6.45) is 2.21. The van der Waals surface area contributed by atoms with Crippen LogP contribution in [0.1, 0.15) is 36.3 Å². The SMILES string of the molecule is CCOC(=O)C1=CC[C@@H](c2ccccc2)[C@@H]([N+](=O)[O-])[C@@H]1c1ccc(OC)cc1. The van der Waals surface area contributed by atoms with Gasteiger partial charge >= 0.3 is 5.97 Å². The monoisotopic (exact) mass is 381 g/mol. The van der Waals surface area contributed by atoms with Crippen LogP contribution in [0.4, 0.5) is 0 Å². The summed E-state index contributed by atoms with van der Waals surface area (Å²) in [6.45, 7) is 1.94. The molecule has 0 saturated carbocycles. The minimum atomic E-state index is -0.972. The summed E-state index contributed by atoms with van der Waals surface area (Å²) in [7, 11) is 1.56. The third-order valence-corrected chi connectivity index (χ3v) is 5.14. The molecule has 0 radical (unpaired) electrons. The van der Waals surface area contributed by atoms with Gasteiger partial charge in [-0.3, -0.25) is 10.1 Å². The van der Waals surface area contributed by atoms with Crippen LogP contribution >= 0.6 is 0 Å². The number of hydrogen-bond donors (Lipinski definition) is 0. The van der Waals surface area contributed by atoms with E-state index in [0.717, 1.165) is 5.56 Å². The molecule has 3 atom stereocenters. The summed E-state index contributed by atoms with van der Waals surface area (Å²) in [5.74, 6) is -0.874. The van der Waals surface area contributed by atoms with Gasteiger partial charge in [-0.15, -0.1) is 0 Å². The molecular weight excluding hydrogens is 358 g/mol. The third-order valence-electron chi connectivity index (χ3n) is 5.14. The molecule has 3 rings (SSSR count). The first-order valence-corrected chi connectivity index (χ1v) is 9.26. The maximum absolute atomic E-state index is 12.6. The van der Waals surface area contributed by atoms with Crippen molar-refractivity contribution in [2.24, 2.45) is 0 Å². The second-order valence-corrected chi connectivity index (χ2v) is 6.66. The first-order chi connectivity index (χ1) is 13.6. The molecule has 6 heteroatoms. The Kier molecular flexibility index (Phi) is 6.09. The molecule has 0 aliphatic heterocycles. The maximum Gasteiger partial charge on any atom is 0.334 e. The molecule has 1 aliphatic rings. The second kappa shape index (κ2) is 8.69. The van der Waals surface area contributed by atoms with Gasteiger partial charge < -0.3 is 9.47 Å². The smallest absolute Gasteiger partial charge is 0.334 e. The number of hydrogen-bond acceptors (Lipinski definition) is 5. The lowest BCUT2D eigenvalue weighted by molar-refractivity contribution is -0.530. The number of nitrogens with zero attached hydrogens (tertiary/aromatic N) is 1. The molecule has 0 spiro atoms. The number of methoxy groups -OCH3 is 1. The van der Waals surface area contributed by atoms with Gasteiger partial charge in [-0.1, -0.05) is 48.5 Å². The highest BCUT2D eigenvalue weighted by molar-refractivity contribution is 5.90. The van der Waals surface area contributed by atoms with Gasteiger partial charge in [0.1, 0.15) is 5.75 Å². The Hall–Kier alpha value is -3.15. The normalized spacial score (nSPS) is 21.5. The first kappa shape index (κ1) is 19.6. The molecular formula is C22H23NO5. The van der Waals surface area contributed by atoms with E-state index < -0.39 is 17.9 Å². The highest BCUT2D eigenvalue weighted by atomic mass is 16.6. The summed E-state index contributed by atoms with van der Waals surface area (Å²) in [4.78, 5) is 24.5. The van der Waals surface area contributed by atoms with E-state index in [1.807, 2.05) is 30.3 Å². The molecule has 146 valence electrons. The van der Waals surface area contributed by atoms with Crippen LogP contribution in [0.2, 0.25) is 0 Å². The minimum absolute atomic E-state index is 0.219. The molecule has 0 N–H and O–H groups in total. The lowest BCUT2D eigenvalue weighted by atomic mass is 9.71. The van der Waals surface area contributed by atoms with Crippen molar-refractivity contribution in [3.05, 3.63) is 87.5 Å². The molecule has 0 aromatic heterocycles. The molecule has 0 bridgehead atoms. The van der Waals surface area contributed by atoms with Crippen molar-refractivity contribution in [3.8, 4) is 5.75 Å². The molecule has 0 amide bonds. The average Bonchev–Trinajstić information content (AvgIpc) is 2.73. The van der Waals surface area contributed by atoms with Crippen molar-refractivity contribution in [1.29, 1.82) is 0 Å². The Morgan fingerprint density at radius 2 is 1.79 bits per heavy atom. The number of allylic oxidation sites excluding steroid dienone is 1. The third kappa shape index (κ3) is 3.91. The van der Waals surface area contributed by atoms with E-state index >= 15 is 0 Å². The van der Waals surface area contributed by atoms with Crippen molar-refractivity contribution >= 4 is 5.97 Å². The van der Waals surface area contributed by atoms with Gasteiger partial charge in [0.05, 0.1) is 25.6 Å². The van der Waals surface area contributed by atoms with E-state index in [0.29, 0.717) is 23.3 Å². The fraction of sp³-hybridized carbons (Fsp3) is 0.318. The lowest BCUT2D eigenvalue weighted by Crippen LogP contribution is -2.39. The predicted octanol–water partition coefficient (Wildman–Crippen LogP) is 4.10. The molecule has 0 fully saturated rings. The number of nitro groups is 1. The molecule has 0 heterocycles. The van der Waals surface area contributed by atoms with E-state index in [9.17, 15) is 14.9 Å². The van der Waals surface area contributed by atoms with Crippen LogP contribution in [0, 0.1) is 10.1 Å². The number of carbonyl (C=O) groups excluding carboxylic acids is 1. The molecule has 6 nitrogen and oxygen atoms in total. The second-order valence-electron chi connectivity index (χ2n) is 6.66. The van der Waals surface area contributed by atoms with Gasteiger partial charge in [-0.25, -0.2) is 4.79 Å². The van der Waals surface area contributed by atoms with Gasteiger partial charge in [0.2, 0.25) is 6.04 Å². The van der Waals surface area contributed by atoms with E-state index in [1.165, 1.54) is 0 Å². The highest BCUT2D eigenvalue weighted by Crippen LogP contribution is 2.44. The molecule has 2 aromatic rings. The number of ether oxygens (including phenoxy) is 2. The first-order valence-electron chi connectivity index (χ1n) is 9.26. The Morgan fingerprint density at radius 3 is 2.36 bits per heavy atom. The van der Waals surface area contributed by atoms with Gasteiger partial charge in [-0.05, 0) is 36.6 Å². The topological polar surface area (TPSA) is 78.7 Å². The van der Waals surface area contributed by atoms with Crippen molar-refractivity contribution in [2.75, 3.05) is 13.7 Å². The number of rotatable bonds is 6. The largest absolute Gasteiger partial charge is 0.497 e. The molecule has 28 heavy (non-hydrogen) atoms. The summed E-state index contributed by atoms with van der Waals surface area (Å²) < 4.78 is 10.4. The van der Waals surface area contributed by atoms with Crippen LogP contribution in [-0.2, 0) is 9.53 Å². The summed E-state index contributed by atoms with van der Waals surface area (Å²) in [5, 5.41) is 12.2. The van der Waals surface area contributed by atoms with E-state index in [2.05, 4.69) is 0 Å². The maximum atomic E-state index is 12.6. The zero-order chi connectivity index (χ0) is 20.1. The van der Waals surface area contributed by atoms with E-state index in [1.54, 1.807) is 44.4 Å². The molecule has 0 unspecified atom stereocenters. The Morgan fingerprint density at radius 1 is 1.11 bits per heavy atom. The van der Waals surface area contributed by atoms with Crippen LogP contribution in [0.3, 0.4) is 0 Å². The fourth-order valence-corrected chi connectivity index (χ4v) is 3.85. The Labute approximate surface area is 163 Å². The van der Waals surface area contributed by atoms with Gasteiger partial charge in [0, 0.05) is 10.5 Å². The fourth-order valence-electron chi connectivity index (χ4n) is 3.85. The van der Waals surface area contributed by atoms with Gasteiger partial charge in [-0.2, -0.15) is 0 Å². The number of carbonyl (C=O) groups is 1. The van der Waals surface area contributed by atoms with Crippen molar-refractivity contribution < 1.29 is 19.2 Å². The molecule has 1 aliphatic carbocycles. The summed E-state index contributed by atoms with van der Waals surface area (Å²) in [5.41, 5.74) is 1.94. The lowest BCUT2D eigenvalue weighted by Gasteiger charge is -2.32. The van der Waals surface area contributed by atoms with E-state index in [4.69, 9.17) is 9.47 Å². The quantitative estimate of drug-likeness (QED) is 0.428. The van der Waals surface area contributed by atoms with Gasteiger partial charge in [0.25, 0.3) is 0 Å². The van der Waals surface area contributed by atoms with Crippen molar-refractivity contribution in [1.82, 2.24) is 0 Å². The van der Waals surface area contributed by atoms with Gasteiger partial charge in [0.15, 0.2) is 0 Å². The minimum Gasteiger partial charge on any atom is -0.497 e. The van der Waals surface area contributed by atoms with Crippen LogP contribution in [0.5, 0.6) is 5.75 Å². The standard InChI is InChI=1S/C22H23NO5/c1-3-28-22(24)19-14-13-18(15-7-5-4-6-8-15)21(23(25)26)20(19)16-9-11-17(27-2)12-10-16/h4-12,14,18,20-21H,3,13H2,1-2H3/t18-,20+,21+/m0/s1. The zero-order valence-electron chi connectivity index (χ0n) is 15.9. The molecule has 0 saturated heterocycles. The van der Waals surface area contributed by atoms with Crippen LogP contribution in [-0.4, -0.2) is 30.7 Å². The highest BCUT2D eigenvalue weighted by Gasteiger charge is 2.47. The zero-order valence-corrected chi connectivity index (χ0v) is 15.9.